The Kier molecular flexibility index (Phi) is 2.79. The summed E-state index contributed by atoms with van der Waals surface area (Å²) in [5.74, 6) is 3.65. The van der Waals surface area contributed by atoms with Crippen molar-refractivity contribution in [2.75, 3.05) is 0 Å². The van der Waals surface area contributed by atoms with Crippen LogP contribution < -0.4 is 10.4 Å². The normalized spacial score (nSPS) is 9.25. The molecule has 0 aromatic heterocycles. The predicted molar refractivity (Wildman–Crippen MR) is 59.4 cm³/mol. The van der Waals surface area contributed by atoms with Crippen molar-refractivity contribution in [3.05, 3.63) is 69.4 Å². The minimum atomic E-state index is 0.529. The molecule has 2 aromatic rings. The Labute approximate surface area is 91.5 Å². The van der Waals surface area contributed by atoms with Crippen molar-refractivity contribution in [3.8, 4) is 0 Å². The van der Waals surface area contributed by atoms with Crippen LogP contribution in [0.5, 0.6) is 0 Å². The average molecular weight is 208 g/mol. The van der Waals surface area contributed by atoms with E-state index in [2.05, 4.69) is 0 Å². The Morgan fingerprint density at radius 2 is 0.875 bits per heavy atom. The molecule has 0 fully saturated rings. The van der Waals surface area contributed by atoms with Crippen molar-refractivity contribution in [3.63, 3.8) is 0 Å². The molecule has 0 amide bonds. The van der Waals surface area contributed by atoms with Gasteiger partial charge in [-0.05, 0) is 34.7 Å². The van der Waals surface area contributed by atoms with Crippen LogP contribution in [0, 0.1) is 10.4 Å². The molecule has 2 rings (SSSR count). The minimum Gasteiger partial charge on any atom is -0.233 e. The lowest BCUT2D eigenvalue weighted by Crippen LogP contribution is -2.00. The fourth-order valence-electron chi connectivity index (χ4n) is 1.46. The fourth-order valence-corrected chi connectivity index (χ4v) is 1.46. The molecule has 0 aliphatic rings. The number of carbonyl (C=O) groups excluding carboxylic acids is 2. The highest BCUT2D eigenvalue weighted by atomic mass is 16.1. The second-order valence-electron chi connectivity index (χ2n) is 3.36. The van der Waals surface area contributed by atoms with Crippen LogP contribution in [-0.2, 0) is 9.59 Å². The Morgan fingerprint density at radius 3 is 1.12 bits per heavy atom. The van der Waals surface area contributed by atoms with Gasteiger partial charge >= 0.3 is 0 Å². The summed E-state index contributed by atoms with van der Waals surface area (Å²) in [6.07, 6.45) is 0. The van der Waals surface area contributed by atoms with Crippen molar-refractivity contribution in [1.29, 1.82) is 0 Å². The monoisotopic (exact) mass is 208 g/mol. The van der Waals surface area contributed by atoms with E-state index in [1.165, 1.54) is 0 Å². The molecule has 16 heavy (non-hydrogen) atoms. The van der Waals surface area contributed by atoms with Crippen LogP contribution >= 0.6 is 0 Å². The number of rotatable bonds is 0. The molecule has 0 atom stereocenters. The smallest absolute Gasteiger partial charge is 0.132 e. The van der Waals surface area contributed by atoms with Gasteiger partial charge in [0.05, 0.1) is 10.4 Å². The van der Waals surface area contributed by atoms with E-state index in [0.29, 0.717) is 10.4 Å². The molecule has 0 N–H and O–H groups in total. The Morgan fingerprint density at radius 1 is 0.562 bits per heavy atom. The van der Waals surface area contributed by atoms with Gasteiger partial charge in [0.1, 0.15) is 11.9 Å². The zero-order valence-electron chi connectivity index (χ0n) is 8.44. The average Bonchev–Trinajstić information content (AvgIpc) is 2.39. The lowest BCUT2D eigenvalue weighted by atomic mass is 10.2. The van der Waals surface area contributed by atoms with Crippen molar-refractivity contribution in [2.45, 2.75) is 0 Å². The van der Waals surface area contributed by atoms with Crippen molar-refractivity contribution in [2.24, 2.45) is 0 Å². The van der Waals surface area contributed by atoms with Crippen LogP contribution in [0.15, 0.2) is 48.5 Å². The van der Waals surface area contributed by atoms with Crippen LogP contribution in [0.4, 0.5) is 0 Å². The number of benzene rings is 2. The molecular weight excluding hydrogens is 200 g/mol. The van der Waals surface area contributed by atoms with E-state index in [9.17, 15) is 9.59 Å². The van der Waals surface area contributed by atoms with Crippen molar-refractivity contribution in [1.82, 2.24) is 0 Å². The largest absolute Gasteiger partial charge is 0.233 e. The first kappa shape index (κ1) is 10.1. The summed E-state index contributed by atoms with van der Waals surface area (Å²) in [6, 6.07) is 14.2. The second-order valence-corrected chi connectivity index (χ2v) is 3.36. The van der Waals surface area contributed by atoms with E-state index in [1.54, 1.807) is 24.3 Å². The minimum absolute atomic E-state index is 0.529. The van der Waals surface area contributed by atoms with Crippen LogP contribution in [-0.4, -0.2) is 11.9 Å². The summed E-state index contributed by atoms with van der Waals surface area (Å²) in [5.41, 5.74) is 0. The van der Waals surface area contributed by atoms with Crippen LogP contribution in [0.3, 0.4) is 0 Å². The van der Waals surface area contributed by atoms with E-state index in [4.69, 9.17) is 0 Å². The zero-order valence-corrected chi connectivity index (χ0v) is 8.44. The van der Waals surface area contributed by atoms with Gasteiger partial charge in [0.25, 0.3) is 0 Å². The Balaban J connectivity index is 2.80. The van der Waals surface area contributed by atoms with Gasteiger partial charge in [-0.15, -0.1) is 0 Å². The SMILES string of the molecule is O=C=c1ccc(=c2ccc(=C=O)cc2)cc1. The van der Waals surface area contributed by atoms with E-state index < -0.39 is 0 Å². The van der Waals surface area contributed by atoms with Crippen molar-refractivity contribution < 1.29 is 9.59 Å². The topological polar surface area (TPSA) is 34.1 Å². The lowest BCUT2D eigenvalue weighted by Gasteiger charge is -1.87. The first-order valence-corrected chi connectivity index (χ1v) is 4.80. The summed E-state index contributed by atoms with van der Waals surface area (Å²) in [5, 5.41) is 3.05. The molecule has 0 spiro atoms. The summed E-state index contributed by atoms with van der Waals surface area (Å²) >= 11 is 0. The molecule has 2 nitrogen and oxygen atoms in total. The predicted octanol–water partition coefficient (Wildman–Crippen LogP) is -0.0200. The highest BCUT2D eigenvalue weighted by Gasteiger charge is 1.84. The highest BCUT2D eigenvalue weighted by molar-refractivity contribution is 5.46. The van der Waals surface area contributed by atoms with Crippen LogP contribution in [0.2, 0.25) is 0 Å². The number of hydrogen-bond donors (Lipinski definition) is 0. The van der Waals surface area contributed by atoms with E-state index >= 15 is 0 Å². The molecule has 2 aromatic carbocycles. The van der Waals surface area contributed by atoms with Gasteiger partial charge in [-0.2, -0.15) is 0 Å². The maximum atomic E-state index is 10.4. The number of hydrogen-bond acceptors (Lipinski definition) is 2. The maximum Gasteiger partial charge on any atom is 0.132 e. The summed E-state index contributed by atoms with van der Waals surface area (Å²) in [7, 11) is 0. The maximum absolute atomic E-state index is 10.4. The standard InChI is InChI=1S/C14H8O2/c15-9-11-1-5-13(6-2-11)14-7-3-12(10-16)4-8-14/h1-8H. The van der Waals surface area contributed by atoms with E-state index in [-0.39, 0.29) is 0 Å². The molecule has 0 saturated carbocycles. The van der Waals surface area contributed by atoms with Crippen LogP contribution in [0.1, 0.15) is 0 Å². The van der Waals surface area contributed by atoms with Gasteiger partial charge in [-0.3, -0.25) is 0 Å². The zero-order chi connectivity index (χ0) is 11.4. The van der Waals surface area contributed by atoms with Crippen molar-refractivity contribution >= 4 is 11.9 Å². The first-order valence-electron chi connectivity index (χ1n) is 4.80. The Hall–Kier alpha value is -2.40. The highest BCUT2D eigenvalue weighted by Crippen LogP contribution is 1.91. The third kappa shape index (κ3) is 1.99. The molecule has 0 aliphatic carbocycles. The Bertz CT molecular complexity index is 651. The molecule has 0 heterocycles. The fraction of sp³-hybridized carbons (Fsp3) is 0. The molecule has 0 bridgehead atoms. The molecule has 76 valence electrons. The quantitative estimate of drug-likeness (QED) is 0.609. The third-order valence-corrected chi connectivity index (χ3v) is 2.34. The first-order chi connectivity index (χ1) is 7.83. The van der Waals surface area contributed by atoms with E-state index in [0.717, 1.165) is 10.4 Å². The van der Waals surface area contributed by atoms with E-state index in [1.807, 2.05) is 36.1 Å². The summed E-state index contributed by atoms with van der Waals surface area (Å²) in [6.45, 7) is 0. The van der Waals surface area contributed by atoms with Gasteiger partial charge < -0.3 is 0 Å². The van der Waals surface area contributed by atoms with Gasteiger partial charge in [-0.25, -0.2) is 9.59 Å². The molecule has 0 radical (unpaired) electrons. The summed E-state index contributed by atoms with van der Waals surface area (Å²) < 4.78 is 0. The molecule has 0 aliphatic heterocycles. The molecule has 0 saturated heterocycles. The van der Waals surface area contributed by atoms with Gasteiger partial charge in [-0.1, -0.05) is 24.3 Å². The molecule has 0 unspecified atom stereocenters. The van der Waals surface area contributed by atoms with Gasteiger partial charge in [0.15, 0.2) is 0 Å². The van der Waals surface area contributed by atoms with Gasteiger partial charge in [0.2, 0.25) is 0 Å². The molecule has 2 heteroatoms. The van der Waals surface area contributed by atoms with Gasteiger partial charge in [0, 0.05) is 0 Å². The van der Waals surface area contributed by atoms with Crippen LogP contribution in [0.25, 0.3) is 0 Å². The summed E-state index contributed by atoms with van der Waals surface area (Å²) in [4.78, 5) is 20.7. The third-order valence-electron chi connectivity index (χ3n) is 2.34. The lowest BCUT2D eigenvalue weighted by molar-refractivity contribution is 0.567. The molecular formula is C14H8O2. The second kappa shape index (κ2) is 4.41.